The van der Waals surface area contributed by atoms with Gasteiger partial charge in [-0.2, -0.15) is 5.10 Å². The Bertz CT molecular complexity index is 879. The number of amides is 3. The zero-order valence-corrected chi connectivity index (χ0v) is 15.0. The number of aromatic nitrogens is 2. The molecule has 0 aliphatic heterocycles. The van der Waals surface area contributed by atoms with Gasteiger partial charge in [-0.1, -0.05) is 30.3 Å². The average molecular weight is 372 g/mol. The van der Waals surface area contributed by atoms with Crippen LogP contribution in [-0.2, 0) is 16.1 Å². The van der Waals surface area contributed by atoms with E-state index in [0.717, 1.165) is 10.2 Å². The van der Waals surface area contributed by atoms with Crippen LogP contribution < -0.4 is 16.2 Å². The molecule has 9 heteroatoms. The summed E-state index contributed by atoms with van der Waals surface area (Å²) in [4.78, 5) is 47.3. The molecule has 0 spiro atoms. The lowest BCUT2D eigenvalue weighted by molar-refractivity contribution is -0.127. The first-order chi connectivity index (χ1) is 12.9. The summed E-state index contributed by atoms with van der Waals surface area (Å²) in [5.74, 6) is -1.65. The van der Waals surface area contributed by atoms with Crippen molar-refractivity contribution in [2.24, 2.45) is 0 Å². The van der Waals surface area contributed by atoms with Crippen LogP contribution in [0.2, 0.25) is 0 Å². The number of hydrogen-bond donors (Lipinski definition) is 2. The lowest BCUT2D eigenvalue weighted by Gasteiger charge is -2.13. The van der Waals surface area contributed by atoms with Crippen LogP contribution in [0, 0.1) is 0 Å². The van der Waals surface area contributed by atoms with Crippen LogP contribution in [0.25, 0.3) is 0 Å². The zero-order valence-electron chi connectivity index (χ0n) is 15.0. The lowest BCUT2D eigenvalue weighted by atomic mass is 10.2. The third-order valence-corrected chi connectivity index (χ3v) is 3.48. The van der Waals surface area contributed by atoms with Crippen molar-refractivity contribution in [2.45, 2.75) is 26.5 Å². The highest BCUT2D eigenvalue weighted by Crippen LogP contribution is 2.03. The second-order valence-electron chi connectivity index (χ2n) is 5.60. The number of urea groups is 1. The molecule has 1 atom stereocenters. The molecule has 0 aliphatic rings. The van der Waals surface area contributed by atoms with Gasteiger partial charge in [0.2, 0.25) is 0 Å². The molecule has 0 bridgehead atoms. The third kappa shape index (κ3) is 5.77. The van der Waals surface area contributed by atoms with Crippen molar-refractivity contribution in [3.05, 3.63) is 64.1 Å². The molecular formula is C18H20N4O5. The number of rotatable bonds is 6. The standard InChI is InChI=1S/C18H20N4O5/c1-3-19-18(26)20-16(24)12(2)27-17(25)14-9-10-15(23)22(21-14)11-13-7-5-4-6-8-13/h4-10,12H,3,11H2,1-2H3,(H2,19,20,24,26)/t12-/m0/s1. The number of carbonyl (C=O) groups is 3. The van der Waals surface area contributed by atoms with Gasteiger partial charge in [0.05, 0.1) is 6.54 Å². The topological polar surface area (TPSA) is 119 Å². The SMILES string of the molecule is CCNC(=O)NC(=O)[C@H](C)OC(=O)c1ccc(=O)n(Cc2ccccc2)n1. The van der Waals surface area contributed by atoms with E-state index in [1.165, 1.54) is 19.1 Å². The van der Waals surface area contributed by atoms with Crippen molar-refractivity contribution in [3.8, 4) is 0 Å². The summed E-state index contributed by atoms with van der Waals surface area (Å²) in [6, 6.07) is 10.9. The molecule has 0 fully saturated rings. The maximum Gasteiger partial charge on any atom is 0.359 e. The van der Waals surface area contributed by atoms with Crippen LogP contribution in [-0.4, -0.2) is 40.3 Å². The van der Waals surface area contributed by atoms with E-state index in [4.69, 9.17) is 4.74 Å². The van der Waals surface area contributed by atoms with Crippen molar-refractivity contribution in [1.29, 1.82) is 0 Å². The van der Waals surface area contributed by atoms with E-state index in [-0.39, 0.29) is 17.8 Å². The Morgan fingerprint density at radius 3 is 2.52 bits per heavy atom. The highest BCUT2D eigenvalue weighted by atomic mass is 16.5. The predicted molar refractivity (Wildman–Crippen MR) is 96.1 cm³/mol. The molecule has 142 valence electrons. The highest BCUT2D eigenvalue weighted by molar-refractivity contribution is 5.98. The third-order valence-electron chi connectivity index (χ3n) is 3.48. The number of benzene rings is 1. The molecule has 1 heterocycles. The van der Waals surface area contributed by atoms with Gasteiger partial charge in [-0.25, -0.2) is 14.3 Å². The molecule has 3 amide bonds. The normalized spacial score (nSPS) is 11.3. The van der Waals surface area contributed by atoms with Crippen molar-refractivity contribution in [3.63, 3.8) is 0 Å². The Hall–Kier alpha value is -3.49. The Kier molecular flexibility index (Phi) is 6.81. The molecule has 0 aliphatic carbocycles. The average Bonchev–Trinajstić information content (AvgIpc) is 2.64. The number of imide groups is 1. The molecule has 9 nitrogen and oxygen atoms in total. The summed E-state index contributed by atoms with van der Waals surface area (Å²) in [6.07, 6.45) is -1.21. The van der Waals surface area contributed by atoms with Crippen LogP contribution in [0.4, 0.5) is 4.79 Å². The van der Waals surface area contributed by atoms with Gasteiger partial charge in [0.1, 0.15) is 0 Å². The van der Waals surface area contributed by atoms with Crippen molar-refractivity contribution >= 4 is 17.9 Å². The predicted octanol–water partition coefficient (Wildman–Crippen LogP) is 0.683. The Morgan fingerprint density at radius 1 is 1.15 bits per heavy atom. The van der Waals surface area contributed by atoms with Gasteiger partial charge in [0.25, 0.3) is 11.5 Å². The molecule has 1 aromatic carbocycles. The van der Waals surface area contributed by atoms with Gasteiger partial charge < -0.3 is 10.1 Å². The second kappa shape index (κ2) is 9.27. The molecule has 0 saturated heterocycles. The molecule has 2 rings (SSSR count). The number of carbonyl (C=O) groups excluding carboxylic acids is 3. The number of esters is 1. The van der Waals surface area contributed by atoms with Crippen LogP contribution in [0.5, 0.6) is 0 Å². The van der Waals surface area contributed by atoms with E-state index in [2.05, 4.69) is 10.4 Å². The quantitative estimate of drug-likeness (QED) is 0.720. The Labute approximate surface area is 155 Å². The fraction of sp³-hybridized carbons (Fsp3) is 0.278. The Morgan fingerprint density at radius 2 is 1.85 bits per heavy atom. The molecule has 0 saturated carbocycles. The van der Waals surface area contributed by atoms with Crippen molar-refractivity contribution < 1.29 is 19.1 Å². The molecule has 0 unspecified atom stereocenters. The first-order valence-corrected chi connectivity index (χ1v) is 8.32. The van der Waals surface area contributed by atoms with Crippen LogP contribution >= 0.6 is 0 Å². The first kappa shape index (κ1) is 19.8. The van der Waals surface area contributed by atoms with E-state index in [1.54, 1.807) is 6.92 Å². The van der Waals surface area contributed by atoms with E-state index in [9.17, 15) is 19.2 Å². The highest BCUT2D eigenvalue weighted by Gasteiger charge is 2.21. The van der Waals surface area contributed by atoms with Gasteiger partial charge in [0.15, 0.2) is 11.8 Å². The fourth-order valence-electron chi connectivity index (χ4n) is 2.12. The second-order valence-corrected chi connectivity index (χ2v) is 5.60. The maximum absolute atomic E-state index is 12.2. The summed E-state index contributed by atoms with van der Waals surface area (Å²) in [7, 11) is 0. The molecule has 0 radical (unpaired) electrons. The smallest absolute Gasteiger partial charge is 0.359 e. The molecule has 2 aromatic rings. The van der Waals surface area contributed by atoms with Crippen molar-refractivity contribution in [2.75, 3.05) is 6.54 Å². The monoisotopic (exact) mass is 372 g/mol. The maximum atomic E-state index is 12.2. The van der Waals surface area contributed by atoms with E-state index in [1.807, 2.05) is 35.6 Å². The van der Waals surface area contributed by atoms with Gasteiger partial charge in [-0.15, -0.1) is 0 Å². The van der Waals surface area contributed by atoms with Crippen LogP contribution in [0.1, 0.15) is 29.9 Å². The van der Waals surface area contributed by atoms with Crippen LogP contribution in [0.3, 0.4) is 0 Å². The van der Waals surface area contributed by atoms with Gasteiger partial charge in [0, 0.05) is 12.6 Å². The van der Waals surface area contributed by atoms with Gasteiger partial charge in [-0.05, 0) is 25.5 Å². The van der Waals surface area contributed by atoms with Gasteiger partial charge in [-0.3, -0.25) is 14.9 Å². The minimum atomic E-state index is -1.21. The summed E-state index contributed by atoms with van der Waals surface area (Å²) in [5, 5.41) is 8.43. The summed E-state index contributed by atoms with van der Waals surface area (Å²) >= 11 is 0. The summed E-state index contributed by atoms with van der Waals surface area (Å²) < 4.78 is 6.14. The number of hydrogen-bond acceptors (Lipinski definition) is 6. The van der Waals surface area contributed by atoms with E-state index < -0.39 is 24.0 Å². The molecular weight excluding hydrogens is 352 g/mol. The summed E-state index contributed by atoms with van der Waals surface area (Å²) in [5.41, 5.74) is 0.341. The van der Waals surface area contributed by atoms with E-state index >= 15 is 0 Å². The fourth-order valence-corrected chi connectivity index (χ4v) is 2.12. The number of nitrogens with zero attached hydrogens (tertiary/aromatic N) is 2. The van der Waals surface area contributed by atoms with E-state index in [0.29, 0.717) is 6.54 Å². The largest absolute Gasteiger partial charge is 0.448 e. The first-order valence-electron chi connectivity index (χ1n) is 8.32. The lowest BCUT2D eigenvalue weighted by Crippen LogP contribution is -2.44. The molecule has 1 aromatic heterocycles. The number of ether oxygens (including phenoxy) is 1. The zero-order chi connectivity index (χ0) is 19.8. The molecule has 2 N–H and O–H groups in total. The minimum Gasteiger partial charge on any atom is -0.448 e. The summed E-state index contributed by atoms with van der Waals surface area (Å²) in [6.45, 7) is 3.56. The minimum absolute atomic E-state index is 0.122. The Balaban J connectivity index is 2.06. The molecule has 27 heavy (non-hydrogen) atoms. The van der Waals surface area contributed by atoms with Gasteiger partial charge >= 0.3 is 12.0 Å². The van der Waals surface area contributed by atoms with Crippen LogP contribution in [0.15, 0.2) is 47.3 Å². The van der Waals surface area contributed by atoms with Crippen molar-refractivity contribution in [1.82, 2.24) is 20.4 Å². The number of nitrogens with one attached hydrogen (secondary N) is 2.